The molecule has 5 aliphatic carbocycles. The van der Waals surface area contributed by atoms with E-state index in [-0.39, 0.29) is 10.8 Å². The van der Waals surface area contributed by atoms with Gasteiger partial charge in [-0.2, -0.15) is 0 Å². The standard InChI is InChI=1S/C23H30O2/c1-14-13-22-10-11-23(14,15(2)24)21(22,3)9-8-19-18-6-5-17(25)12-16(18)4-7-20(19)22/h12,18-20H,1,4-11,13H2,2-3H3/t18-,19+,20+,21-,22?,23+/m0/s1. The fourth-order valence-corrected chi connectivity index (χ4v) is 8.75. The van der Waals surface area contributed by atoms with Crippen LogP contribution in [0.15, 0.2) is 23.8 Å². The lowest BCUT2D eigenvalue weighted by Crippen LogP contribution is -2.53. The predicted octanol–water partition coefficient (Wildman–Crippen LogP) is 5.03. The molecule has 25 heavy (non-hydrogen) atoms. The lowest BCUT2D eigenvalue weighted by Gasteiger charge is -2.59. The topological polar surface area (TPSA) is 34.1 Å². The van der Waals surface area contributed by atoms with E-state index < -0.39 is 0 Å². The summed E-state index contributed by atoms with van der Waals surface area (Å²) < 4.78 is 0. The van der Waals surface area contributed by atoms with Crippen LogP contribution in [0, 0.1) is 34.0 Å². The maximum Gasteiger partial charge on any atom is 0.155 e. The van der Waals surface area contributed by atoms with Crippen molar-refractivity contribution in [1.29, 1.82) is 0 Å². The summed E-state index contributed by atoms with van der Waals surface area (Å²) in [7, 11) is 0. The van der Waals surface area contributed by atoms with Crippen LogP contribution in [-0.2, 0) is 9.59 Å². The van der Waals surface area contributed by atoms with E-state index in [1.807, 2.05) is 13.0 Å². The Balaban J connectivity index is 1.59. The minimum Gasteiger partial charge on any atom is -0.299 e. The van der Waals surface area contributed by atoms with Gasteiger partial charge in [0.1, 0.15) is 5.78 Å². The summed E-state index contributed by atoms with van der Waals surface area (Å²) in [6.45, 7) is 8.70. The van der Waals surface area contributed by atoms with Gasteiger partial charge in [-0.1, -0.05) is 24.6 Å². The maximum atomic E-state index is 12.8. The summed E-state index contributed by atoms with van der Waals surface area (Å²) in [6.07, 6.45) is 11.9. The zero-order valence-corrected chi connectivity index (χ0v) is 15.7. The lowest BCUT2D eigenvalue weighted by molar-refractivity contribution is -0.137. The number of fused-ring (bicyclic) bond motifs is 3. The quantitative estimate of drug-likeness (QED) is 0.628. The Labute approximate surface area is 151 Å². The van der Waals surface area contributed by atoms with E-state index in [1.54, 1.807) is 0 Å². The van der Waals surface area contributed by atoms with Crippen molar-refractivity contribution in [2.24, 2.45) is 34.0 Å². The fraction of sp³-hybridized carbons (Fsp3) is 0.739. The number of ketones is 2. The monoisotopic (exact) mass is 338 g/mol. The highest BCUT2D eigenvalue weighted by Gasteiger charge is 2.76. The zero-order valence-electron chi connectivity index (χ0n) is 15.7. The number of carbonyl (C=O) groups is 2. The van der Waals surface area contributed by atoms with Crippen LogP contribution in [0.1, 0.15) is 71.6 Å². The summed E-state index contributed by atoms with van der Waals surface area (Å²) >= 11 is 0. The number of carbonyl (C=O) groups excluding carboxylic acids is 2. The summed E-state index contributed by atoms with van der Waals surface area (Å²) in [5, 5.41) is 0. The molecule has 2 nitrogen and oxygen atoms in total. The number of allylic oxidation sites excluding steroid dienone is 2. The van der Waals surface area contributed by atoms with Crippen molar-refractivity contribution in [3.63, 3.8) is 0 Å². The van der Waals surface area contributed by atoms with Gasteiger partial charge in [-0.05, 0) is 93.0 Å². The van der Waals surface area contributed by atoms with Crippen molar-refractivity contribution < 1.29 is 9.59 Å². The third-order valence-electron chi connectivity index (χ3n) is 9.71. The first-order valence-electron chi connectivity index (χ1n) is 10.3. The van der Waals surface area contributed by atoms with E-state index in [0.717, 1.165) is 43.9 Å². The first kappa shape index (κ1) is 16.0. The largest absolute Gasteiger partial charge is 0.299 e. The summed E-state index contributed by atoms with van der Waals surface area (Å²) in [5.41, 5.74) is 2.87. The second kappa shape index (κ2) is 4.75. The molecule has 0 saturated heterocycles. The normalized spacial score (nSPS) is 50.8. The third kappa shape index (κ3) is 1.59. The number of hydrogen-bond donors (Lipinski definition) is 0. The van der Waals surface area contributed by atoms with E-state index >= 15 is 0 Å². The Morgan fingerprint density at radius 2 is 1.96 bits per heavy atom. The molecule has 4 fully saturated rings. The molecule has 6 atom stereocenters. The van der Waals surface area contributed by atoms with Gasteiger partial charge in [0, 0.05) is 6.42 Å². The minimum absolute atomic E-state index is 0.121. The summed E-state index contributed by atoms with van der Waals surface area (Å²) in [6, 6.07) is 0. The Morgan fingerprint density at radius 3 is 2.68 bits per heavy atom. The predicted molar refractivity (Wildman–Crippen MR) is 97.9 cm³/mol. The van der Waals surface area contributed by atoms with E-state index in [1.165, 1.54) is 36.8 Å². The van der Waals surface area contributed by atoms with Crippen LogP contribution < -0.4 is 0 Å². The van der Waals surface area contributed by atoms with Gasteiger partial charge < -0.3 is 0 Å². The van der Waals surface area contributed by atoms with Gasteiger partial charge in [0.15, 0.2) is 5.78 Å². The van der Waals surface area contributed by atoms with Crippen LogP contribution in [0.5, 0.6) is 0 Å². The Morgan fingerprint density at radius 1 is 1.16 bits per heavy atom. The minimum atomic E-state index is -0.239. The van der Waals surface area contributed by atoms with Crippen molar-refractivity contribution >= 4 is 11.6 Å². The Kier molecular flexibility index (Phi) is 3.05. The molecule has 0 heterocycles. The van der Waals surface area contributed by atoms with Gasteiger partial charge in [0.25, 0.3) is 0 Å². The average Bonchev–Trinajstić information content (AvgIpc) is 2.95. The van der Waals surface area contributed by atoms with Crippen molar-refractivity contribution in [3.05, 3.63) is 23.8 Å². The lowest BCUT2D eigenvalue weighted by atomic mass is 9.45. The van der Waals surface area contributed by atoms with E-state index in [2.05, 4.69) is 13.5 Å². The van der Waals surface area contributed by atoms with Gasteiger partial charge in [0.2, 0.25) is 0 Å². The number of hydrogen-bond acceptors (Lipinski definition) is 2. The molecule has 0 radical (unpaired) electrons. The molecule has 1 unspecified atom stereocenters. The average molecular weight is 338 g/mol. The zero-order chi connectivity index (χ0) is 17.6. The first-order chi connectivity index (χ1) is 11.9. The van der Waals surface area contributed by atoms with Crippen molar-refractivity contribution in [2.45, 2.75) is 71.6 Å². The maximum absolute atomic E-state index is 12.8. The summed E-state index contributed by atoms with van der Waals surface area (Å²) in [4.78, 5) is 24.7. The van der Waals surface area contributed by atoms with Crippen LogP contribution in [0.3, 0.4) is 0 Å². The highest BCUT2D eigenvalue weighted by molar-refractivity contribution is 5.91. The van der Waals surface area contributed by atoms with E-state index in [0.29, 0.717) is 22.9 Å². The van der Waals surface area contributed by atoms with Crippen molar-refractivity contribution in [1.82, 2.24) is 0 Å². The Hall–Kier alpha value is -1.18. The van der Waals surface area contributed by atoms with Gasteiger partial charge in [-0.15, -0.1) is 0 Å². The Bertz CT molecular complexity index is 730. The smallest absolute Gasteiger partial charge is 0.155 e. The summed E-state index contributed by atoms with van der Waals surface area (Å²) in [5.74, 6) is 2.81. The SMILES string of the molecule is C=C1CC23CC[C@@]1(C(C)=O)[C@@]2(C)CC[C@H]1[C@H]3CCC2=CC(=O)CC[C@@H]21. The van der Waals surface area contributed by atoms with Gasteiger partial charge in [0.05, 0.1) is 5.41 Å². The molecular weight excluding hydrogens is 308 g/mol. The number of Topliss-reactive ketones (excluding diaryl/α,β-unsaturated/α-hetero) is 1. The molecule has 0 aromatic rings. The molecule has 5 rings (SSSR count). The first-order valence-corrected chi connectivity index (χ1v) is 10.3. The van der Waals surface area contributed by atoms with Crippen LogP contribution in [-0.4, -0.2) is 11.6 Å². The van der Waals surface area contributed by atoms with Gasteiger partial charge in [-0.3, -0.25) is 9.59 Å². The molecule has 0 spiro atoms. The molecule has 0 aromatic carbocycles. The molecular formula is C23H30O2. The van der Waals surface area contributed by atoms with Gasteiger partial charge >= 0.3 is 0 Å². The molecule has 2 bridgehead atoms. The number of rotatable bonds is 1. The van der Waals surface area contributed by atoms with Crippen LogP contribution in [0.4, 0.5) is 0 Å². The fourth-order valence-electron chi connectivity index (χ4n) is 8.75. The molecule has 5 aliphatic rings. The van der Waals surface area contributed by atoms with E-state index in [9.17, 15) is 9.59 Å². The van der Waals surface area contributed by atoms with Crippen LogP contribution >= 0.6 is 0 Å². The highest BCUT2D eigenvalue weighted by atomic mass is 16.1. The molecule has 134 valence electrons. The molecule has 0 N–H and O–H groups in total. The van der Waals surface area contributed by atoms with Crippen molar-refractivity contribution in [3.8, 4) is 0 Å². The van der Waals surface area contributed by atoms with E-state index in [4.69, 9.17) is 0 Å². The second-order valence-electron chi connectivity index (χ2n) is 9.91. The molecule has 0 amide bonds. The molecule has 4 saturated carbocycles. The molecule has 0 aliphatic heterocycles. The highest BCUT2D eigenvalue weighted by Crippen LogP contribution is 2.82. The van der Waals surface area contributed by atoms with Gasteiger partial charge in [-0.25, -0.2) is 0 Å². The van der Waals surface area contributed by atoms with Crippen LogP contribution in [0.25, 0.3) is 0 Å². The van der Waals surface area contributed by atoms with Crippen molar-refractivity contribution in [2.75, 3.05) is 0 Å². The van der Waals surface area contributed by atoms with Crippen LogP contribution in [0.2, 0.25) is 0 Å². The molecule has 0 aromatic heterocycles. The molecule has 2 heteroatoms. The second-order valence-corrected chi connectivity index (χ2v) is 9.91. The third-order valence-corrected chi connectivity index (χ3v) is 9.71.